The molecule has 0 aliphatic carbocycles. The summed E-state index contributed by atoms with van der Waals surface area (Å²) in [7, 11) is 3.92. The van der Waals surface area contributed by atoms with E-state index in [1.54, 1.807) is 4.68 Å². The van der Waals surface area contributed by atoms with Crippen LogP contribution < -0.4 is 5.32 Å². The van der Waals surface area contributed by atoms with Crippen LogP contribution >= 0.6 is 0 Å². The number of aryl methyl sites for hydroxylation is 1. The highest BCUT2D eigenvalue weighted by molar-refractivity contribution is 5.22. The van der Waals surface area contributed by atoms with Crippen LogP contribution in [0.5, 0.6) is 0 Å². The molecule has 4 nitrogen and oxygen atoms in total. The zero-order valence-electron chi connectivity index (χ0n) is 11.9. The van der Waals surface area contributed by atoms with E-state index in [9.17, 15) is 0 Å². The van der Waals surface area contributed by atoms with Crippen molar-refractivity contribution < 1.29 is 0 Å². The van der Waals surface area contributed by atoms with Crippen molar-refractivity contribution in [2.24, 2.45) is 7.05 Å². The highest BCUT2D eigenvalue weighted by atomic mass is 15.4. The molecular weight excluding hydrogens is 236 g/mol. The minimum Gasteiger partial charge on any atom is -0.316 e. The Hall–Kier alpha value is -1.68. The molecule has 1 heterocycles. The number of aromatic nitrogens is 3. The van der Waals surface area contributed by atoms with Crippen molar-refractivity contribution in [3.63, 3.8) is 0 Å². The molecule has 102 valence electrons. The number of hydrogen-bond acceptors (Lipinski definition) is 3. The summed E-state index contributed by atoms with van der Waals surface area (Å²) in [6.45, 7) is 2.23. The fraction of sp³-hybridized carbons (Fsp3) is 0.467. The molecule has 0 aliphatic heterocycles. The lowest BCUT2D eigenvalue weighted by atomic mass is 9.87. The Bertz CT molecular complexity index is 492. The Kier molecular flexibility index (Phi) is 4.68. The number of rotatable bonds is 6. The van der Waals surface area contributed by atoms with E-state index in [-0.39, 0.29) is 0 Å². The fourth-order valence-corrected chi connectivity index (χ4v) is 2.61. The first kappa shape index (κ1) is 13.7. The second-order valence-corrected chi connectivity index (χ2v) is 4.91. The van der Waals surface area contributed by atoms with Crippen molar-refractivity contribution in [2.75, 3.05) is 7.05 Å². The smallest absolute Gasteiger partial charge is 0.0842 e. The van der Waals surface area contributed by atoms with Crippen LogP contribution in [0.15, 0.2) is 36.5 Å². The van der Waals surface area contributed by atoms with E-state index >= 15 is 0 Å². The Morgan fingerprint density at radius 1 is 1.26 bits per heavy atom. The van der Waals surface area contributed by atoms with E-state index in [0.717, 1.165) is 18.5 Å². The van der Waals surface area contributed by atoms with Crippen molar-refractivity contribution in [1.82, 2.24) is 20.3 Å². The Morgan fingerprint density at radius 2 is 2.00 bits per heavy atom. The summed E-state index contributed by atoms with van der Waals surface area (Å²) in [5, 5.41) is 11.6. The van der Waals surface area contributed by atoms with Crippen LogP contribution in [0.4, 0.5) is 0 Å². The van der Waals surface area contributed by atoms with Gasteiger partial charge in [0.05, 0.1) is 5.69 Å². The van der Waals surface area contributed by atoms with Gasteiger partial charge >= 0.3 is 0 Å². The van der Waals surface area contributed by atoms with Gasteiger partial charge in [0.25, 0.3) is 0 Å². The molecule has 19 heavy (non-hydrogen) atoms. The van der Waals surface area contributed by atoms with Crippen molar-refractivity contribution in [3.8, 4) is 0 Å². The molecule has 0 saturated heterocycles. The third-order valence-electron chi connectivity index (χ3n) is 3.60. The van der Waals surface area contributed by atoms with Crippen LogP contribution in [-0.2, 0) is 13.5 Å². The summed E-state index contributed by atoms with van der Waals surface area (Å²) in [6.07, 6.45) is 4.00. The maximum Gasteiger partial charge on any atom is 0.0842 e. The third-order valence-corrected chi connectivity index (χ3v) is 3.60. The summed E-state index contributed by atoms with van der Waals surface area (Å²) in [4.78, 5) is 0. The molecule has 1 aromatic heterocycles. The maximum absolute atomic E-state index is 4.19. The quantitative estimate of drug-likeness (QED) is 0.863. The predicted molar refractivity (Wildman–Crippen MR) is 77.0 cm³/mol. The van der Waals surface area contributed by atoms with Gasteiger partial charge in [0.15, 0.2) is 0 Å². The summed E-state index contributed by atoms with van der Waals surface area (Å²) in [5.74, 6) is 0.494. The van der Waals surface area contributed by atoms with Gasteiger partial charge in [0, 0.05) is 25.7 Å². The van der Waals surface area contributed by atoms with Crippen LogP contribution in [0.1, 0.15) is 30.5 Å². The van der Waals surface area contributed by atoms with Crippen LogP contribution in [0.25, 0.3) is 0 Å². The first-order valence-electron chi connectivity index (χ1n) is 6.82. The van der Waals surface area contributed by atoms with Crippen LogP contribution in [0.2, 0.25) is 0 Å². The highest BCUT2D eigenvalue weighted by Gasteiger charge is 2.21. The van der Waals surface area contributed by atoms with E-state index in [4.69, 9.17) is 0 Å². The van der Waals surface area contributed by atoms with Crippen LogP contribution in [0.3, 0.4) is 0 Å². The molecule has 4 heteroatoms. The molecule has 0 radical (unpaired) electrons. The first-order valence-corrected chi connectivity index (χ1v) is 6.82. The van der Waals surface area contributed by atoms with Crippen molar-refractivity contribution >= 4 is 0 Å². The average Bonchev–Trinajstić information content (AvgIpc) is 2.85. The molecule has 0 bridgehead atoms. The maximum atomic E-state index is 4.19. The van der Waals surface area contributed by atoms with E-state index in [2.05, 4.69) is 52.9 Å². The van der Waals surface area contributed by atoms with Gasteiger partial charge in [-0.05, 0) is 24.9 Å². The fourth-order valence-electron chi connectivity index (χ4n) is 2.61. The van der Waals surface area contributed by atoms with Gasteiger partial charge in [-0.15, -0.1) is 5.10 Å². The zero-order chi connectivity index (χ0) is 13.7. The lowest BCUT2D eigenvalue weighted by Gasteiger charge is -2.25. The molecule has 1 N–H and O–H groups in total. The molecule has 2 atom stereocenters. The number of likely N-dealkylation sites (N-methyl/N-ethyl adjacent to an activating group) is 1. The Labute approximate surface area is 114 Å². The zero-order valence-corrected chi connectivity index (χ0v) is 11.9. The van der Waals surface area contributed by atoms with E-state index in [1.165, 1.54) is 5.56 Å². The van der Waals surface area contributed by atoms with E-state index in [0.29, 0.717) is 12.0 Å². The lowest BCUT2D eigenvalue weighted by Crippen LogP contribution is -2.34. The first-order chi connectivity index (χ1) is 9.24. The lowest BCUT2D eigenvalue weighted by molar-refractivity contribution is 0.445. The van der Waals surface area contributed by atoms with Gasteiger partial charge < -0.3 is 5.32 Å². The molecule has 0 saturated carbocycles. The van der Waals surface area contributed by atoms with Gasteiger partial charge in [0.1, 0.15) is 0 Å². The van der Waals surface area contributed by atoms with Gasteiger partial charge in [-0.3, -0.25) is 4.68 Å². The number of hydrogen-bond donors (Lipinski definition) is 1. The Balaban J connectivity index is 2.15. The minimum atomic E-state index is 0.379. The average molecular weight is 258 g/mol. The molecule has 2 rings (SSSR count). The summed E-state index contributed by atoms with van der Waals surface area (Å²) in [6, 6.07) is 11.1. The standard InChI is InChI=1S/C15H22N4/c1-4-14(12-8-6-5-7-9-12)15(16-2)10-13-11-19(3)18-17-13/h5-9,11,14-16H,4,10H2,1-3H3. The Morgan fingerprint density at radius 3 is 2.53 bits per heavy atom. The second kappa shape index (κ2) is 6.48. The molecule has 2 unspecified atom stereocenters. The normalized spacial score (nSPS) is 14.3. The molecule has 0 aliphatic rings. The summed E-state index contributed by atoms with van der Waals surface area (Å²) in [5.41, 5.74) is 2.42. The van der Waals surface area contributed by atoms with Gasteiger partial charge in [-0.2, -0.15) is 0 Å². The molecule has 0 spiro atoms. The summed E-state index contributed by atoms with van der Waals surface area (Å²) >= 11 is 0. The minimum absolute atomic E-state index is 0.379. The molecule has 2 aromatic rings. The monoisotopic (exact) mass is 258 g/mol. The van der Waals surface area contributed by atoms with Crippen molar-refractivity contribution in [3.05, 3.63) is 47.8 Å². The predicted octanol–water partition coefficient (Wildman–Crippen LogP) is 2.14. The molecule has 0 amide bonds. The van der Waals surface area contributed by atoms with Gasteiger partial charge in [-0.25, -0.2) is 0 Å². The van der Waals surface area contributed by atoms with Crippen molar-refractivity contribution in [2.45, 2.75) is 31.7 Å². The topological polar surface area (TPSA) is 42.7 Å². The highest BCUT2D eigenvalue weighted by Crippen LogP contribution is 2.24. The summed E-state index contributed by atoms with van der Waals surface area (Å²) < 4.78 is 1.76. The van der Waals surface area contributed by atoms with Crippen LogP contribution in [0, 0.1) is 0 Å². The van der Waals surface area contributed by atoms with E-state index < -0.39 is 0 Å². The number of benzene rings is 1. The molecular formula is C15H22N4. The van der Waals surface area contributed by atoms with Crippen molar-refractivity contribution in [1.29, 1.82) is 0 Å². The third kappa shape index (κ3) is 3.41. The molecule has 1 aromatic carbocycles. The second-order valence-electron chi connectivity index (χ2n) is 4.91. The molecule has 0 fully saturated rings. The van der Waals surface area contributed by atoms with Gasteiger partial charge in [-0.1, -0.05) is 42.5 Å². The SMILES string of the molecule is CCC(c1ccccc1)C(Cc1cn(C)nn1)NC. The number of nitrogens with one attached hydrogen (secondary N) is 1. The van der Waals surface area contributed by atoms with Gasteiger partial charge in [0.2, 0.25) is 0 Å². The van der Waals surface area contributed by atoms with Crippen LogP contribution in [-0.4, -0.2) is 28.1 Å². The largest absolute Gasteiger partial charge is 0.316 e. The van der Waals surface area contributed by atoms with E-state index in [1.807, 2.05) is 20.3 Å². The number of nitrogens with zero attached hydrogens (tertiary/aromatic N) is 3.